The van der Waals surface area contributed by atoms with Crippen LogP contribution < -0.4 is 15.4 Å². The van der Waals surface area contributed by atoms with Crippen molar-refractivity contribution in [3.05, 3.63) is 24.0 Å². The van der Waals surface area contributed by atoms with Gasteiger partial charge in [0.2, 0.25) is 5.95 Å². The Kier molecular flexibility index (Phi) is 5.62. The summed E-state index contributed by atoms with van der Waals surface area (Å²) in [6.45, 7) is 3.23. The number of ether oxygens (including phenoxy) is 2. The standard InChI is InChI=1S/C21H25FN6O3/c1-4-31-20(29)12-6-5-9-28(11-12)21-24-17(14-8-7-13(30-3)10-15(14)22)16-18(23)27(2)26-19(16)25-21/h7-8,10,12H,4-6,9,11,23H2,1-3H3. The second-order valence-corrected chi connectivity index (χ2v) is 7.46. The molecule has 0 saturated carbocycles. The fourth-order valence-electron chi connectivity index (χ4n) is 3.87. The molecule has 9 nitrogen and oxygen atoms in total. The van der Waals surface area contributed by atoms with Crippen molar-refractivity contribution in [1.82, 2.24) is 19.7 Å². The van der Waals surface area contributed by atoms with Gasteiger partial charge < -0.3 is 20.1 Å². The van der Waals surface area contributed by atoms with E-state index in [2.05, 4.69) is 15.1 Å². The normalized spacial score (nSPS) is 16.5. The first-order chi connectivity index (χ1) is 14.9. The van der Waals surface area contributed by atoms with Crippen LogP contribution in [0.4, 0.5) is 16.2 Å². The van der Waals surface area contributed by atoms with E-state index in [1.165, 1.54) is 17.9 Å². The number of halogens is 1. The summed E-state index contributed by atoms with van der Waals surface area (Å²) < 4.78 is 26.7. The van der Waals surface area contributed by atoms with E-state index in [4.69, 9.17) is 15.2 Å². The topological polar surface area (TPSA) is 108 Å². The first-order valence-corrected chi connectivity index (χ1v) is 10.2. The average Bonchev–Trinajstić information content (AvgIpc) is 3.07. The smallest absolute Gasteiger partial charge is 0.310 e. The van der Waals surface area contributed by atoms with Crippen molar-refractivity contribution in [2.75, 3.05) is 37.4 Å². The van der Waals surface area contributed by atoms with Crippen molar-refractivity contribution in [1.29, 1.82) is 0 Å². The van der Waals surface area contributed by atoms with Crippen LogP contribution in [0, 0.1) is 11.7 Å². The average molecular weight is 428 g/mol. The Morgan fingerprint density at radius 3 is 2.87 bits per heavy atom. The molecule has 10 heteroatoms. The van der Waals surface area contributed by atoms with Crippen LogP contribution in [-0.4, -0.2) is 52.5 Å². The molecule has 0 aliphatic carbocycles. The highest BCUT2D eigenvalue weighted by atomic mass is 19.1. The van der Waals surface area contributed by atoms with Crippen LogP contribution in [0.15, 0.2) is 18.2 Å². The van der Waals surface area contributed by atoms with Gasteiger partial charge in [0.15, 0.2) is 5.65 Å². The lowest BCUT2D eigenvalue weighted by molar-refractivity contribution is -0.148. The Balaban J connectivity index is 1.81. The lowest BCUT2D eigenvalue weighted by Crippen LogP contribution is -2.40. The number of nitrogens with zero attached hydrogens (tertiary/aromatic N) is 5. The molecular weight excluding hydrogens is 403 g/mol. The molecule has 3 aromatic rings. The monoisotopic (exact) mass is 428 g/mol. The number of anilines is 2. The number of carbonyl (C=O) groups is 1. The van der Waals surface area contributed by atoms with E-state index in [1.807, 2.05) is 4.90 Å². The van der Waals surface area contributed by atoms with Gasteiger partial charge in [-0.25, -0.2) is 9.37 Å². The van der Waals surface area contributed by atoms with E-state index in [1.54, 1.807) is 26.1 Å². The zero-order valence-electron chi connectivity index (χ0n) is 17.8. The van der Waals surface area contributed by atoms with Crippen LogP contribution in [0.2, 0.25) is 0 Å². The highest BCUT2D eigenvalue weighted by molar-refractivity contribution is 5.99. The Morgan fingerprint density at radius 2 is 2.16 bits per heavy atom. The molecule has 164 valence electrons. The van der Waals surface area contributed by atoms with Gasteiger partial charge in [-0.05, 0) is 31.9 Å². The second-order valence-electron chi connectivity index (χ2n) is 7.46. The van der Waals surface area contributed by atoms with Gasteiger partial charge in [-0.1, -0.05) is 0 Å². The Morgan fingerprint density at radius 1 is 1.35 bits per heavy atom. The zero-order chi connectivity index (χ0) is 22.1. The third-order valence-electron chi connectivity index (χ3n) is 5.48. The molecule has 0 radical (unpaired) electrons. The van der Waals surface area contributed by atoms with Gasteiger partial charge in [-0.3, -0.25) is 9.48 Å². The molecule has 1 fully saturated rings. The molecular formula is C21H25FN6O3. The number of aryl methyl sites for hydroxylation is 1. The third kappa shape index (κ3) is 3.85. The van der Waals surface area contributed by atoms with Crippen LogP contribution in [0.25, 0.3) is 22.3 Å². The zero-order valence-corrected chi connectivity index (χ0v) is 17.8. The molecule has 1 aliphatic heterocycles. The first kappa shape index (κ1) is 20.8. The molecule has 4 rings (SSSR count). The van der Waals surface area contributed by atoms with E-state index in [-0.39, 0.29) is 17.5 Å². The molecule has 31 heavy (non-hydrogen) atoms. The maximum atomic E-state index is 14.9. The summed E-state index contributed by atoms with van der Waals surface area (Å²) in [4.78, 5) is 23.4. The Hall–Kier alpha value is -3.43. The van der Waals surface area contributed by atoms with Crippen molar-refractivity contribution in [2.24, 2.45) is 13.0 Å². The fraction of sp³-hybridized carbons (Fsp3) is 0.429. The van der Waals surface area contributed by atoms with E-state index in [0.29, 0.717) is 53.9 Å². The minimum Gasteiger partial charge on any atom is -0.497 e. The quantitative estimate of drug-likeness (QED) is 0.618. The van der Waals surface area contributed by atoms with Gasteiger partial charge in [-0.15, -0.1) is 0 Å². The van der Waals surface area contributed by atoms with E-state index < -0.39 is 5.82 Å². The molecule has 0 amide bonds. The highest BCUT2D eigenvalue weighted by Crippen LogP contribution is 2.35. The molecule has 0 bridgehead atoms. The summed E-state index contributed by atoms with van der Waals surface area (Å²) in [5.74, 6) is 0.148. The lowest BCUT2D eigenvalue weighted by Gasteiger charge is -2.31. The minimum absolute atomic E-state index is 0.225. The number of nitrogen functional groups attached to an aromatic ring is 1. The Labute approximate surface area is 179 Å². The van der Waals surface area contributed by atoms with Gasteiger partial charge in [0.05, 0.1) is 30.7 Å². The van der Waals surface area contributed by atoms with Crippen molar-refractivity contribution in [3.63, 3.8) is 0 Å². The molecule has 2 N–H and O–H groups in total. The summed E-state index contributed by atoms with van der Waals surface area (Å²) in [6.07, 6.45) is 1.54. The summed E-state index contributed by atoms with van der Waals surface area (Å²) >= 11 is 0. The number of esters is 1. The lowest BCUT2D eigenvalue weighted by atomic mass is 9.98. The SMILES string of the molecule is CCOC(=O)C1CCCN(c2nc(-c3ccc(OC)cc3F)c3c(N)n(C)nc3n2)C1. The number of methoxy groups -OCH3 is 1. The van der Waals surface area contributed by atoms with Gasteiger partial charge in [0, 0.05) is 31.8 Å². The molecule has 1 aromatic carbocycles. The van der Waals surface area contributed by atoms with E-state index in [9.17, 15) is 9.18 Å². The predicted octanol–water partition coefficient (Wildman–Crippen LogP) is 2.54. The van der Waals surface area contributed by atoms with Gasteiger partial charge >= 0.3 is 5.97 Å². The number of nitrogens with two attached hydrogens (primary N) is 1. The maximum absolute atomic E-state index is 14.9. The summed E-state index contributed by atoms with van der Waals surface area (Å²) in [5, 5.41) is 4.86. The van der Waals surface area contributed by atoms with Crippen LogP contribution in [0.5, 0.6) is 5.75 Å². The van der Waals surface area contributed by atoms with Gasteiger partial charge in [-0.2, -0.15) is 10.1 Å². The number of fused-ring (bicyclic) bond motifs is 1. The number of hydrogen-bond donors (Lipinski definition) is 1. The third-order valence-corrected chi connectivity index (χ3v) is 5.48. The highest BCUT2D eigenvalue weighted by Gasteiger charge is 2.29. The van der Waals surface area contributed by atoms with Crippen molar-refractivity contribution >= 4 is 28.8 Å². The number of piperidine rings is 1. The molecule has 3 heterocycles. The first-order valence-electron chi connectivity index (χ1n) is 10.2. The number of carbonyl (C=O) groups excluding carboxylic acids is 1. The van der Waals surface area contributed by atoms with Crippen LogP contribution in [-0.2, 0) is 16.6 Å². The maximum Gasteiger partial charge on any atom is 0.310 e. The van der Waals surface area contributed by atoms with Crippen LogP contribution in [0.1, 0.15) is 19.8 Å². The van der Waals surface area contributed by atoms with E-state index >= 15 is 0 Å². The summed E-state index contributed by atoms with van der Waals surface area (Å²) in [7, 11) is 3.17. The van der Waals surface area contributed by atoms with Gasteiger partial charge in [0.1, 0.15) is 17.4 Å². The predicted molar refractivity (Wildman–Crippen MR) is 114 cm³/mol. The second kappa shape index (κ2) is 8.37. The largest absolute Gasteiger partial charge is 0.497 e. The summed E-state index contributed by atoms with van der Waals surface area (Å²) in [5.41, 5.74) is 7.20. The van der Waals surface area contributed by atoms with Crippen molar-refractivity contribution in [3.8, 4) is 17.0 Å². The van der Waals surface area contributed by atoms with Crippen LogP contribution in [0.3, 0.4) is 0 Å². The summed E-state index contributed by atoms with van der Waals surface area (Å²) in [6, 6.07) is 4.56. The molecule has 1 saturated heterocycles. The fourth-order valence-corrected chi connectivity index (χ4v) is 3.87. The van der Waals surface area contributed by atoms with E-state index in [0.717, 1.165) is 12.8 Å². The molecule has 1 unspecified atom stereocenters. The number of aromatic nitrogens is 4. The number of benzene rings is 1. The number of rotatable bonds is 5. The molecule has 2 aromatic heterocycles. The van der Waals surface area contributed by atoms with Gasteiger partial charge in [0.25, 0.3) is 0 Å². The molecule has 1 aliphatic rings. The van der Waals surface area contributed by atoms with Crippen molar-refractivity contribution < 1.29 is 18.7 Å². The number of hydrogen-bond acceptors (Lipinski definition) is 8. The van der Waals surface area contributed by atoms with Crippen molar-refractivity contribution in [2.45, 2.75) is 19.8 Å². The molecule has 0 spiro atoms. The Bertz CT molecular complexity index is 1130. The minimum atomic E-state index is -0.489. The van der Waals surface area contributed by atoms with Crippen LogP contribution >= 0.6 is 0 Å². The molecule has 1 atom stereocenters.